The SMILES string of the molecule is C=C/C(=C\C=C(/C)c1ccccc1)Nc1ccc(-c2ccccc2)cc1. The van der Waals surface area contributed by atoms with Gasteiger partial charge in [-0.1, -0.05) is 85.5 Å². The zero-order valence-electron chi connectivity index (χ0n) is 15.0. The van der Waals surface area contributed by atoms with Crippen molar-refractivity contribution in [3.05, 3.63) is 121 Å². The molecule has 0 saturated heterocycles. The summed E-state index contributed by atoms with van der Waals surface area (Å²) in [5.74, 6) is 0. The van der Waals surface area contributed by atoms with Gasteiger partial charge in [0.2, 0.25) is 0 Å². The quantitative estimate of drug-likeness (QED) is 0.480. The number of allylic oxidation sites excluding steroid dienone is 4. The molecule has 0 saturated carbocycles. The van der Waals surface area contributed by atoms with Gasteiger partial charge in [-0.25, -0.2) is 0 Å². The summed E-state index contributed by atoms with van der Waals surface area (Å²) in [5.41, 5.74) is 6.87. The van der Waals surface area contributed by atoms with E-state index >= 15 is 0 Å². The van der Waals surface area contributed by atoms with Gasteiger partial charge in [-0.3, -0.25) is 0 Å². The molecule has 3 rings (SSSR count). The highest BCUT2D eigenvalue weighted by molar-refractivity contribution is 5.68. The molecular formula is C25H23N. The van der Waals surface area contributed by atoms with Crippen LogP contribution in [0.25, 0.3) is 16.7 Å². The van der Waals surface area contributed by atoms with Gasteiger partial charge in [0.15, 0.2) is 0 Å². The molecule has 0 aliphatic heterocycles. The fraction of sp³-hybridized carbons (Fsp3) is 0.0400. The van der Waals surface area contributed by atoms with E-state index in [1.165, 1.54) is 22.3 Å². The fourth-order valence-electron chi connectivity index (χ4n) is 2.72. The highest BCUT2D eigenvalue weighted by atomic mass is 14.9. The second kappa shape index (κ2) is 8.68. The first-order chi connectivity index (χ1) is 12.8. The zero-order chi connectivity index (χ0) is 18.2. The summed E-state index contributed by atoms with van der Waals surface area (Å²) in [6.45, 7) is 6.03. The topological polar surface area (TPSA) is 12.0 Å². The Balaban J connectivity index is 1.73. The highest BCUT2D eigenvalue weighted by Gasteiger charge is 1.98. The average molecular weight is 337 g/mol. The molecule has 0 heterocycles. The van der Waals surface area contributed by atoms with Gasteiger partial charge < -0.3 is 5.32 Å². The van der Waals surface area contributed by atoms with E-state index in [2.05, 4.69) is 104 Å². The van der Waals surface area contributed by atoms with Crippen LogP contribution < -0.4 is 5.32 Å². The Labute approximate surface area is 156 Å². The van der Waals surface area contributed by atoms with Crippen LogP contribution >= 0.6 is 0 Å². The molecule has 0 bridgehead atoms. The van der Waals surface area contributed by atoms with Gasteiger partial charge in [0.1, 0.15) is 0 Å². The van der Waals surface area contributed by atoms with Crippen molar-refractivity contribution in [1.29, 1.82) is 0 Å². The number of benzene rings is 3. The minimum atomic E-state index is 0.966. The van der Waals surface area contributed by atoms with Crippen LogP contribution in [0, 0.1) is 0 Å². The molecule has 26 heavy (non-hydrogen) atoms. The molecule has 0 aliphatic carbocycles. The molecule has 0 radical (unpaired) electrons. The van der Waals surface area contributed by atoms with Crippen molar-refractivity contribution in [2.75, 3.05) is 5.32 Å². The maximum absolute atomic E-state index is 3.91. The summed E-state index contributed by atoms with van der Waals surface area (Å²) in [6, 6.07) is 29.2. The van der Waals surface area contributed by atoms with Gasteiger partial charge in [0.05, 0.1) is 0 Å². The van der Waals surface area contributed by atoms with Crippen molar-refractivity contribution in [2.45, 2.75) is 6.92 Å². The monoisotopic (exact) mass is 337 g/mol. The number of rotatable bonds is 6. The van der Waals surface area contributed by atoms with E-state index in [0.29, 0.717) is 0 Å². The molecule has 0 aliphatic rings. The standard InChI is InChI=1S/C25H23N/c1-3-24(17-14-20(2)21-10-6-4-7-11-21)26-25-18-15-23(16-19-25)22-12-8-5-9-13-22/h3-19,26H,1H2,2H3/b20-14+,24-17+. The minimum absolute atomic E-state index is 0.966. The molecule has 3 aromatic rings. The van der Waals surface area contributed by atoms with Gasteiger partial charge in [-0.15, -0.1) is 0 Å². The lowest BCUT2D eigenvalue weighted by molar-refractivity contribution is 1.47. The molecule has 1 nitrogen and oxygen atoms in total. The maximum atomic E-state index is 3.91. The van der Waals surface area contributed by atoms with Crippen molar-refractivity contribution in [3.63, 3.8) is 0 Å². The van der Waals surface area contributed by atoms with Gasteiger partial charge in [0, 0.05) is 11.4 Å². The molecule has 128 valence electrons. The summed E-state index contributed by atoms with van der Waals surface area (Å²) in [7, 11) is 0. The maximum Gasteiger partial charge on any atom is 0.0384 e. The number of nitrogens with one attached hydrogen (secondary N) is 1. The number of hydrogen-bond acceptors (Lipinski definition) is 1. The molecule has 0 fully saturated rings. The Morgan fingerprint density at radius 3 is 1.92 bits per heavy atom. The second-order valence-corrected chi connectivity index (χ2v) is 6.11. The Kier molecular flexibility index (Phi) is 5.84. The lowest BCUT2D eigenvalue weighted by Gasteiger charge is -2.08. The van der Waals surface area contributed by atoms with E-state index in [1.807, 2.05) is 18.2 Å². The van der Waals surface area contributed by atoms with Crippen molar-refractivity contribution >= 4 is 11.3 Å². The van der Waals surface area contributed by atoms with Gasteiger partial charge in [0.25, 0.3) is 0 Å². The van der Waals surface area contributed by atoms with Crippen molar-refractivity contribution in [1.82, 2.24) is 0 Å². The van der Waals surface area contributed by atoms with Crippen LogP contribution in [0.15, 0.2) is 115 Å². The molecule has 3 aromatic carbocycles. The Bertz CT molecular complexity index is 901. The summed E-state index contributed by atoms with van der Waals surface area (Å²) in [4.78, 5) is 0. The summed E-state index contributed by atoms with van der Waals surface area (Å²) in [5, 5.41) is 3.41. The van der Waals surface area contributed by atoms with E-state index in [4.69, 9.17) is 0 Å². The molecule has 0 atom stereocenters. The Hall–Kier alpha value is -3.32. The fourth-order valence-corrected chi connectivity index (χ4v) is 2.72. The molecular weight excluding hydrogens is 314 g/mol. The average Bonchev–Trinajstić information content (AvgIpc) is 2.72. The minimum Gasteiger partial charge on any atom is -0.356 e. The Morgan fingerprint density at radius 2 is 1.31 bits per heavy atom. The zero-order valence-corrected chi connectivity index (χ0v) is 15.0. The predicted molar refractivity (Wildman–Crippen MR) is 114 cm³/mol. The normalized spacial score (nSPS) is 11.9. The van der Waals surface area contributed by atoms with Crippen molar-refractivity contribution < 1.29 is 0 Å². The molecule has 0 spiro atoms. The van der Waals surface area contributed by atoms with E-state index in [0.717, 1.165) is 11.4 Å². The lowest BCUT2D eigenvalue weighted by atomic mass is 10.1. The van der Waals surface area contributed by atoms with E-state index in [-0.39, 0.29) is 0 Å². The smallest absolute Gasteiger partial charge is 0.0384 e. The van der Waals surface area contributed by atoms with Crippen LogP contribution in [0.4, 0.5) is 5.69 Å². The first-order valence-electron chi connectivity index (χ1n) is 8.75. The predicted octanol–water partition coefficient (Wildman–Crippen LogP) is 6.94. The van der Waals surface area contributed by atoms with Crippen LogP contribution in [-0.2, 0) is 0 Å². The van der Waals surface area contributed by atoms with Gasteiger partial charge in [-0.05, 0) is 53.5 Å². The van der Waals surface area contributed by atoms with E-state index in [9.17, 15) is 0 Å². The van der Waals surface area contributed by atoms with E-state index < -0.39 is 0 Å². The molecule has 0 aromatic heterocycles. The van der Waals surface area contributed by atoms with E-state index in [1.54, 1.807) is 0 Å². The largest absolute Gasteiger partial charge is 0.356 e. The Morgan fingerprint density at radius 1 is 0.731 bits per heavy atom. The van der Waals surface area contributed by atoms with Gasteiger partial charge in [-0.2, -0.15) is 0 Å². The third kappa shape index (κ3) is 4.61. The lowest BCUT2D eigenvalue weighted by Crippen LogP contribution is -1.96. The summed E-state index contributed by atoms with van der Waals surface area (Å²) < 4.78 is 0. The molecule has 1 heteroatoms. The van der Waals surface area contributed by atoms with Crippen LogP contribution in [0.5, 0.6) is 0 Å². The molecule has 0 amide bonds. The number of anilines is 1. The van der Waals surface area contributed by atoms with Crippen molar-refractivity contribution in [2.24, 2.45) is 0 Å². The van der Waals surface area contributed by atoms with Crippen LogP contribution in [0.2, 0.25) is 0 Å². The third-order valence-electron chi connectivity index (χ3n) is 4.24. The first-order valence-corrected chi connectivity index (χ1v) is 8.75. The summed E-state index contributed by atoms with van der Waals surface area (Å²) in [6.07, 6.45) is 6.00. The summed E-state index contributed by atoms with van der Waals surface area (Å²) >= 11 is 0. The second-order valence-electron chi connectivity index (χ2n) is 6.11. The highest BCUT2D eigenvalue weighted by Crippen LogP contribution is 2.22. The van der Waals surface area contributed by atoms with Crippen LogP contribution in [0.1, 0.15) is 12.5 Å². The van der Waals surface area contributed by atoms with Crippen LogP contribution in [0.3, 0.4) is 0 Å². The van der Waals surface area contributed by atoms with Crippen LogP contribution in [-0.4, -0.2) is 0 Å². The number of hydrogen-bond donors (Lipinski definition) is 1. The first kappa shape index (κ1) is 17.5. The third-order valence-corrected chi connectivity index (χ3v) is 4.24. The van der Waals surface area contributed by atoms with Gasteiger partial charge >= 0.3 is 0 Å². The van der Waals surface area contributed by atoms with Crippen molar-refractivity contribution in [3.8, 4) is 11.1 Å². The molecule has 0 unspecified atom stereocenters. The molecule has 1 N–H and O–H groups in total.